The van der Waals surface area contributed by atoms with Gasteiger partial charge in [0.05, 0.1) is 11.2 Å². The molecule has 3 N–H and O–H groups in total. The molecule has 2 aliphatic rings. The van der Waals surface area contributed by atoms with Crippen LogP contribution in [0.3, 0.4) is 0 Å². The van der Waals surface area contributed by atoms with Crippen molar-refractivity contribution in [2.75, 3.05) is 39.3 Å². The Bertz CT molecular complexity index is 1210. The smallest absolute Gasteiger partial charge is 0.870 e. The Kier molecular flexibility index (Phi) is 17.4. The summed E-state index contributed by atoms with van der Waals surface area (Å²) in [6.07, 6.45) is 3.94. The second-order valence-corrected chi connectivity index (χ2v) is 13.4. The van der Waals surface area contributed by atoms with Gasteiger partial charge in [-0.1, -0.05) is 121 Å². The zero-order valence-electron chi connectivity index (χ0n) is 28.5. The molecule has 2 heterocycles. The Morgan fingerprint density at radius 1 is 0.532 bits per heavy atom. The topological polar surface area (TPSA) is 76.9 Å². The summed E-state index contributed by atoms with van der Waals surface area (Å²) in [6.45, 7) is 9.55. The quantitative estimate of drug-likeness (QED) is 0.248. The summed E-state index contributed by atoms with van der Waals surface area (Å²) in [5.74, 6) is 0.848. The Balaban J connectivity index is 0.000000307. The van der Waals surface area contributed by atoms with Gasteiger partial charge in [0, 0.05) is 38.0 Å². The Morgan fingerprint density at radius 3 is 1.00 bits per heavy atom. The van der Waals surface area contributed by atoms with Gasteiger partial charge in [0.25, 0.3) is 0 Å². The molecular weight excluding hydrogens is 612 g/mol. The molecule has 2 aliphatic heterocycles. The molecule has 0 aromatic heterocycles. The van der Waals surface area contributed by atoms with Crippen LogP contribution in [0.2, 0.25) is 0 Å². The van der Waals surface area contributed by atoms with E-state index in [1.807, 2.05) is 13.8 Å². The van der Waals surface area contributed by atoms with Crippen molar-refractivity contribution in [3.63, 3.8) is 0 Å². The van der Waals surface area contributed by atoms with Crippen molar-refractivity contribution < 1.29 is 45.2 Å². The summed E-state index contributed by atoms with van der Waals surface area (Å²) >= 11 is 0. The average Bonchev–Trinajstić information content (AvgIpc) is 3.59. The van der Waals surface area contributed by atoms with Crippen LogP contribution in [0, 0.1) is 0 Å². The van der Waals surface area contributed by atoms with E-state index < -0.39 is 11.2 Å². The molecule has 0 radical (unpaired) electrons. The molecule has 4 aromatic rings. The van der Waals surface area contributed by atoms with Gasteiger partial charge in [-0.2, -0.15) is 13.5 Å². The second-order valence-electron chi connectivity index (χ2n) is 13.4. The van der Waals surface area contributed by atoms with Crippen LogP contribution >= 0.6 is 13.5 Å². The molecule has 2 fully saturated rings. The number of hydrogen-bond acceptors (Lipinski definition) is 5. The fourth-order valence-electron chi connectivity index (χ4n) is 6.88. The van der Waals surface area contributed by atoms with Gasteiger partial charge in [-0.3, -0.25) is 0 Å². The van der Waals surface area contributed by atoms with Gasteiger partial charge < -0.3 is 25.5 Å². The predicted molar refractivity (Wildman–Crippen MR) is 194 cm³/mol. The van der Waals surface area contributed by atoms with Crippen LogP contribution in [-0.2, 0) is 0 Å². The van der Waals surface area contributed by atoms with Crippen LogP contribution in [0.25, 0.3) is 0 Å². The normalized spacial score (nSPS) is 20.9. The average molecular weight is 665 g/mol. The maximum Gasteiger partial charge on any atom is 1.00 e. The van der Waals surface area contributed by atoms with E-state index >= 15 is 0 Å². The fourth-order valence-corrected chi connectivity index (χ4v) is 6.88. The van der Waals surface area contributed by atoms with Gasteiger partial charge in [-0.15, -0.1) is 0 Å². The molecule has 6 rings (SSSR count). The molecule has 0 aliphatic carbocycles. The standard InChI is InChI=1S/2C20H25NO.Na.H2O.H2S/c2*1-20(22)13-15-21(16-20)14-12-19(17-8-4-2-5-9-17)18-10-6-3-7-11-18;;;/h2*2-11,19,22H,12-16H2,1H3;;2*1H2/q;;+1;;/p-1/t20-;;;;/m0..../s1. The number of aliphatic hydroxyl groups is 2. The number of β-amino-alcohol motifs (C(OH)–C–C–N with tert-alkyl or cyclic N) is 2. The maximum atomic E-state index is 10.1. The van der Waals surface area contributed by atoms with Crippen LogP contribution in [-0.4, -0.2) is 76.0 Å². The van der Waals surface area contributed by atoms with Crippen LogP contribution in [0.5, 0.6) is 0 Å². The molecular formula is C40H53N2NaO3S. The van der Waals surface area contributed by atoms with E-state index in [-0.39, 0.29) is 48.5 Å². The van der Waals surface area contributed by atoms with Crippen molar-refractivity contribution >= 4 is 13.5 Å². The molecule has 7 heteroatoms. The van der Waals surface area contributed by atoms with Crippen LogP contribution in [0.4, 0.5) is 0 Å². The first kappa shape index (κ1) is 41.2. The van der Waals surface area contributed by atoms with Crippen LogP contribution in [0.15, 0.2) is 121 Å². The first-order chi connectivity index (χ1) is 21.3. The zero-order valence-corrected chi connectivity index (χ0v) is 31.5. The van der Waals surface area contributed by atoms with Crippen LogP contribution in [0.1, 0.15) is 73.6 Å². The van der Waals surface area contributed by atoms with E-state index in [4.69, 9.17) is 0 Å². The molecule has 2 saturated heterocycles. The molecule has 0 saturated carbocycles. The minimum absolute atomic E-state index is 0. The van der Waals surface area contributed by atoms with Crippen molar-refractivity contribution in [1.82, 2.24) is 9.80 Å². The summed E-state index contributed by atoms with van der Waals surface area (Å²) in [7, 11) is 0. The SMILES string of the molecule is CC1(O)CCN(CCC(c2ccccc2)c2ccccc2)C1.C[C@]1(O)CCN(CCC(c2ccccc2)c2ccccc2)C1.S.[Na+].[OH-]. The molecule has 0 bridgehead atoms. The van der Waals surface area contributed by atoms with Crippen molar-refractivity contribution in [2.45, 2.75) is 62.6 Å². The number of benzene rings is 4. The largest absolute Gasteiger partial charge is 1.00 e. The second kappa shape index (κ2) is 19.9. The van der Waals surface area contributed by atoms with E-state index in [2.05, 4.69) is 131 Å². The first-order valence-electron chi connectivity index (χ1n) is 16.4. The van der Waals surface area contributed by atoms with E-state index in [1.165, 1.54) is 22.3 Å². The predicted octanol–water partition coefficient (Wildman–Crippen LogP) is 4.27. The number of likely N-dealkylation sites (tertiary alicyclic amines) is 2. The van der Waals surface area contributed by atoms with Crippen molar-refractivity contribution in [3.8, 4) is 0 Å². The van der Waals surface area contributed by atoms with Crippen molar-refractivity contribution in [2.24, 2.45) is 0 Å². The third-order valence-electron chi connectivity index (χ3n) is 9.34. The third kappa shape index (κ3) is 12.8. The van der Waals surface area contributed by atoms with Gasteiger partial charge in [0.15, 0.2) is 0 Å². The van der Waals surface area contributed by atoms with Gasteiger partial charge >= 0.3 is 29.6 Å². The van der Waals surface area contributed by atoms with Crippen molar-refractivity contribution in [1.29, 1.82) is 0 Å². The first-order valence-corrected chi connectivity index (χ1v) is 16.4. The molecule has 4 aromatic carbocycles. The maximum absolute atomic E-state index is 10.1. The third-order valence-corrected chi connectivity index (χ3v) is 9.34. The summed E-state index contributed by atoms with van der Waals surface area (Å²) in [4.78, 5) is 4.78. The Morgan fingerprint density at radius 2 is 0.787 bits per heavy atom. The van der Waals surface area contributed by atoms with E-state index in [0.29, 0.717) is 11.8 Å². The fraction of sp³-hybridized carbons (Fsp3) is 0.400. The van der Waals surface area contributed by atoms with Gasteiger partial charge in [0.1, 0.15) is 0 Å². The Labute approximate surface area is 312 Å². The number of hydrogen-bond donors (Lipinski definition) is 2. The number of nitrogens with zero attached hydrogens (tertiary/aromatic N) is 2. The molecule has 47 heavy (non-hydrogen) atoms. The van der Waals surface area contributed by atoms with Gasteiger partial charge in [-0.05, 0) is 74.9 Å². The van der Waals surface area contributed by atoms with Gasteiger partial charge in [-0.25, -0.2) is 0 Å². The summed E-state index contributed by atoms with van der Waals surface area (Å²) in [6, 6.07) is 43.0. The van der Waals surface area contributed by atoms with E-state index in [1.54, 1.807) is 0 Å². The monoisotopic (exact) mass is 664 g/mol. The molecule has 248 valence electrons. The van der Waals surface area contributed by atoms with Crippen molar-refractivity contribution in [3.05, 3.63) is 144 Å². The molecule has 0 spiro atoms. The molecule has 2 atom stereocenters. The molecule has 0 amide bonds. The summed E-state index contributed by atoms with van der Waals surface area (Å²) in [5.41, 5.74) is 4.49. The zero-order chi connectivity index (χ0) is 30.8. The molecule has 1 unspecified atom stereocenters. The Hall–Kier alpha value is -1.97. The van der Waals surface area contributed by atoms with E-state index in [0.717, 1.165) is 65.0 Å². The summed E-state index contributed by atoms with van der Waals surface area (Å²) < 4.78 is 0. The number of rotatable bonds is 10. The minimum atomic E-state index is -0.505. The minimum Gasteiger partial charge on any atom is -0.870 e. The van der Waals surface area contributed by atoms with Gasteiger partial charge in [0.2, 0.25) is 0 Å². The summed E-state index contributed by atoms with van der Waals surface area (Å²) in [5, 5.41) is 20.2. The van der Waals surface area contributed by atoms with E-state index in [9.17, 15) is 10.2 Å². The molecule has 5 nitrogen and oxygen atoms in total. The van der Waals surface area contributed by atoms with Crippen LogP contribution < -0.4 is 29.6 Å².